The Kier molecular flexibility index (Phi) is 7.84. The molecule has 0 aliphatic heterocycles. The minimum atomic E-state index is -1.82. The van der Waals surface area contributed by atoms with Gasteiger partial charge in [0.2, 0.25) is 0 Å². The molecule has 0 aromatic heterocycles. The first-order chi connectivity index (χ1) is 11.3. The van der Waals surface area contributed by atoms with E-state index in [1.54, 1.807) is 12.1 Å². The summed E-state index contributed by atoms with van der Waals surface area (Å²) in [5.41, 5.74) is 1.16. The highest BCUT2D eigenvalue weighted by molar-refractivity contribution is 6.27. The van der Waals surface area contributed by atoms with E-state index in [1.807, 2.05) is 6.07 Å². The summed E-state index contributed by atoms with van der Waals surface area (Å²) in [6, 6.07) is 7.43. The maximum Gasteiger partial charge on any atom is 0.414 e. The number of hydrogen-bond donors (Lipinski definition) is 3. The maximum absolute atomic E-state index is 10.7. The Morgan fingerprint density at radius 3 is 2.42 bits per heavy atom. The highest BCUT2D eigenvalue weighted by atomic mass is 16.6. The lowest BCUT2D eigenvalue weighted by atomic mass is 9.86. The number of carboxylic acid groups (broad SMARTS) is 2. The third kappa shape index (κ3) is 6.74. The number of nitrogens with one attached hydrogen (secondary N) is 1. The lowest BCUT2D eigenvalue weighted by Gasteiger charge is -2.29. The number of aliphatic carboxylic acids is 2. The monoisotopic (exact) mass is 338 g/mol. The molecule has 0 heterocycles. The molecule has 0 bridgehead atoms. The molecule has 2 atom stereocenters. The van der Waals surface area contributed by atoms with Crippen LogP contribution in [0, 0.1) is 16.0 Å². The van der Waals surface area contributed by atoms with Crippen LogP contribution in [0.5, 0.6) is 0 Å². The first-order valence-corrected chi connectivity index (χ1v) is 7.74. The van der Waals surface area contributed by atoms with Gasteiger partial charge in [0.1, 0.15) is 0 Å². The zero-order valence-electron chi connectivity index (χ0n) is 13.5. The summed E-state index contributed by atoms with van der Waals surface area (Å²) in [5.74, 6) is -2.94. The van der Waals surface area contributed by atoms with E-state index >= 15 is 0 Å². The predicted octanol–water partition coefficient (Wildman–Crippen LogP) is 2.42. The van der Waals surface area contributed by atoms with Crippen molar-refractivity contribution in [3.05, 3.63) is 39.9 Å². The molecule has 0 saturated heterocycles. The van der Waals surface area contributed by atoms with Gasteiger partial charge in [-0.25, -0.2) is 9.59 Å². The van der Waals surface area contributed by atoms with Gasteiger partial charge in [-0.1, -0.05) is 31.9 Å². The molecule has 8 nitrogen and oxygen atoms in total. The van der Waals surface area contributed by atoms with Crippen LogP contribution in [0.2, 0.25) is 0 Å². The number of nitrogens with zero attached hydrogens (tertiary/aromatic N) is 1. The minimum Gasteiger partial charge on any atom is -0.473 e. The molecular weight excluding hydrogens is 316 g/mol. The van der Waals surface area contributed by atoms with Crippen molar-refractivity contribution in [1.29, 1.82) is 0 Å². The van der Waals surface area contributed by atoms with Crippen LogP contribution >= 0.6 is 0 Å². The molecule has 0 amide bonds. The van der Waals surface area contributed by atoms with E-state index in [9.17, 15) is 10.1 Å². The van der Waals surface area contributed by atoms with Crippen molar-refractivity contribution < 1.29 is 24.7 Å². The Bertz CT molecular complexity index is 578. The van der Waals surface area contributed by atoms with E-state index in [-0.39, 0.29) is 10.6 Å². The van der Waals surface area contributed by atoms with Gasteiger partial charge in [0.15, 0.2) is 0 Å². The minimum absolute atomic E-state index is 0.172. The van der Waals surface area contributed by atoms with Gasteiger partial charge >= 0.3 is 11.9 Å². The third-order valence-corrected chi connectivity index (χ3v) is 3.98. The van der Waals surface area contributed by atoms with Gasteiger partial charge in [-0.3, -0.25) is 10.1 Å². The summed E-state index contributed by atoms with van der Waals surface area (Å²) in [6.45, 7) is 3.00. The van der Waals surface area contributed by atoms with E-state index in [1.165, 1.54) is 31.7 Å². The molecule has 1 aliphatic rings. The Labute approximate surface area is 139 Å². The van der Waals surface area contributed by atoms with Gasteiger partial charge in [0.25, 0.3) is 5.69 Å². The molecule has 2 unspecified atom stereocenters. The second-order valence-corrected chi connectivity index (χ2v) is 5.79. The Morgan fingerprint density at radius 1 is 1.25 bits per heavy atom. The largest absolute Gasteiger partial charge is 0.473 e. The topological polar surface area (TPSA) is 130 Å². The quantitative estimate of drug-likeness (QED) is 0.436. The summed E-state index contributed by atoms with van der Waals surface area (Å²) >= 11 is 0. The highest BCUT2D eigenvalue weighted by Gasteiger charge is 2.20. The molecule has 0 radical (unpaired) electrons. The van der Waals surface area contributed by atoms with E-state index in [4.69, 9.17) is 19.8 Å². The van der Waals surface area contributed by atoms with Crippen LogP contribution in [0.3, 0.4) is 0 Å². The van der Waals surface area contributed by atoms with Crippen molar-refractivity contribution in [1.82, 2.24) is 5.32 Å². The van der Waals surface area contributed by atoms with E-state index < -0.39 is 11.9 Å². The first kappa shape index (κ1) is 19.6. The Hall–Kier alpha value is -2.48. The fourth-order valence-corrected chi connectivity index (χ4v) is 2.65. The standard InChI is InChI=1S/C14H20N2O2.C2H2O4/c1-11-5-2-3-8-14(11)15-10-12-6-4-7-13(9-12)16(17)18;3-1(4)2(5)6/h4,6-7,9,11,14-15H,2-3,5,8,10H2,1H3;(H,3,4)(H,5,6). The second-order valence-electron chi connectivity index (χ2n) is 5.79. The Morgan fingerprint density at radius 2 is 1.88 bits per heavy atom. The van der Waals surface area contributed by atoms with Crippen molar-refractivity contribution >= 4 is 17.6 Å². The molecule has 8 heteroatoms. The maximum atomic E-state index is 10.7. The summed E-state index contributed by atoms with van der Waals surface area (Å²) in [6.07, 6.45) is 5.12. The van der Waals surface area contributed by atoms with Crippen LogP contribution in [0.25, 0.3) is 0 Å². The van der Waals surface area contributed by atoms with Gasteiger partial charge in [-0.2, -0.15) is 0 Å². The summed E-state index contributed by atoms with van der Waals surface area (Å²) in [5, 5.41) is 29.0. The number of non-ortho nitro benzene ring substituents is 1. The second kappa shape index (κ2) is 9.61. The molecule has 1 aliphatic carbocycles. The highest BCUT2D eigenvalue weighted by Crippen LogP contribution is 2.24. The molecule has 132 valence electrons. The van der Waals surface area contributed by atoms with E-state index in [0.29, 0.717) is 12.0 Å². The normalized spacial score (nSPS) is 19.7. The fraction of sp³-hybridized carbons (Fsp3) is 0.500. The average molecular weight is 338 g/mol. The number of rotatable bonds is 4. The molecule has 24 heavy (non-hydrogen) atoms. The van der Waals surface area contributed by atoms with Crippen molar-refractivity contribution in [3.63, 3.8) is 0 Å². The van der Waals surface area contributed by atoms with Crippen LogP contribution in [-0.4, -0.2) is 33.1 Å². The van der Waals surface area contributed by atoms with Crippen LogP contribution in [0.4, 0.5) is 5.69 Å². The lowest BCUT2D eigenvalue weighted by molar-refractivity contribution is -0.384. The fourth-order valence-electron chi connectivity index (χ4n) is 2.65. The predicted molar refractivity (Wildman–Crippen MR) is 86.6 cm³/mol. The number of nitro groups is 1. The molecular formula is C16H22N2O6. The van der Waals surface area contributed by atoms with Crippen molar-refractivity contribution in [2.45, 2.75) is 45.2 Å². The van der Waals surface area contributed by atoms with Gasteiger partial charge < -0.3 is 15.5 Å². The van der Waals surface area contributed by atoms with Crippen LogP contribution in [-0.2, 0) is 16.1 Å². The summed E-state index contributed by atoms with van der Waals surface area (Å²) in [7, 11) is 0. The van der Waals surface area contributed by atoms with Crippen LogP contribution in [0.1, 0.15) is 38.2 Å². The van der Waals surface area contributed by atoms with Crippen LogP contribution in [0.15, 0.2) is 24.3 Å². The first-order valence-electron chi connectivity index (χ1n) is 7.74. The molecule has 0 spiro atoms. The van der Waals surface area contributed by atoms with Crippen molar-refractivity contribution in [2.24, 2.45) is 5.92 Å². The van der Waals surface area contributed by atoms with Gasteiger partial charge in [0.05, 0.1) is 4.92 Å². The number of nitro benzene ring substituents is 1. The van der Waals surface area contributed by atoms with Gasteiger partial charge in [-0.15, -0.1) is 0 Å². The molecule has 1 aromatic carbocycles. The molecule has 2 rings (SSSR count). The van der Waals surface area contributed by atoms with Crippen molar-refractivity contribution in [3.8, 4) is 0 Å². The zero-order valence-corrected chi connectivity index (χ0v) is 13.5. The van der Waals surface area contributed by atoms with Crippen molar-refractivity contribution in [2.75, 3.05) is 0 Å². The molecule has 1 fully saturated rings. The number of carbonyl (C=O) groups is 2. The molecule has 3 N–H and O–H groups in total. The molecule has 1 aromatic rings. The van der Waals surface area contributed by atoms with E-state index in [2.05, 4.69) is 12.2 Å². The van der Waals surface area contributed by atoms with Crippen LogP contribution < -0.4 is 5.32 Å². The lowest BCUT2D eigenvalue weighted by Crippen LogP contribution is -2.36. The number of benzene rings is 1. The Balaban J connectivity index is 0.000000413. The molecule has 1 saturated carbocycles. The van der Waals surface area contributed by atoms with Gasteiger partial charge in [0, 0.05) is 24.7 Å². The summed E-state index contributed by atoms with van der Waals surface area (Å²) < 4.78 is 0. The average Bonchev–Trinajstić information content (AvgIpc) is 2.55. The number of carboxylic acids is 2. The SMILES string of the molecule is CC1CCCCC1NCc1cccc([N+](=O)[O-])c1.O=C(O)C(=O)O. The number of hydrogen-bond acceptors (Lipinski definition) is 5. The smallest absolute Gasteiger partial charge is 0.414 e. The third-order valence-electron chi connectivity index (χ3n) is 3.98. The summed E-state index contributed by atoms with van der Waals surface area (Å²) in [4.78, 5) is 28.6. The van der Waals surface area contributed by atoms with E-state index in [0.717, 1.165) is 12.1 Å². The van der Waals surface area contributed by atoms with Gasteiger partial charge in [-0.05, 0) is 24.3 Å². The zero-order chi connectivity index (χ0) is 18.1.